The van der Waals surface area contributed by atoms with E-state index in [9.17, 15) is 9.90 Å². The summed E-state index contributed by atoms with van der Waals surface area (Å²) in [5.41, 5.74) is 0.789. The van der Waals surface area contributed by atoms with Gasteiger partial charge in [0.25, 0.3) is 0 Å². The molecular formula is C13H19NO3. The van der Waals surface area contributed by atoms with E-state index in [0.29, 0.717) is 6.42 Å². The molecule has 0 spiro atoms. The van der Waals surface area contributed by atoms with Crippen molar-refractivity contribution < 1.29 is 15.0 Å². The van der Waals surface area contributed by atoms with Crippen molar-refractivity contribution in [1.29, 1.82) is 0 Å². The van der Waals surface area contributed by atoms with E-state index in [2.05, 4.69) is 5.32 Å². The van der Waals surface area contributed by atoms with Gasteiger partial charge < -0.3 is 15.5 Å². The predicted octanol–water partition coefficient (Wildman–Crippen LogP) is 1.21. The Kier molecular flexibility index (Phi) is 5.49. The summed E-state index contributed by atoms with van der Waals surface area (Å²) in [6.07, 6.45) is 1.72. The topological polar surface area (TPSA) is 69.6 Å². The zero-order valence-electron chi connectivity index (χ0n) is 10.0. The highest BCUT2D eigenvalue weighted by Crippen LogP contribution is 2.11. The Morgan fingerprint density at radius 1 is 1.47 bits per heavy atom. The Balaban J connectivity index is 2.39. The molecule has 17 heavy (non-hydrogen) atoms. The molecule has 1 unspecified atom stereocenters. The molecule has 4 heteroatoms. The molecule has 0 fully saturated rings. The van der Waals surface area contributed by atoms with Crippen LogP contribution in [-0.2, 0) is 11.2 Å². The smallest absolute Gasteiger partial charge is 0.224 e. The van der Waals surface area contributed by atoms with E-state index in [0.717, 1.165) is 12.0 Å². The Bertz CT molecular complexity index is 365. The molecule has 1 amide bonds. The molecule has 0 bridgehead atoms. The third-order valence-corrected chi connectivity index (χ3v) is 2.48. The number of phenols is 1. The molecule has 94 valence electrons. The van der Waals surface area contributed by atoms with Gasteiger partial charge in [-0.25, -0.2) is 0 Å². The minimum absolute atomic E-state index is 0.0620. The number of benzene rings is 1. The molecule has 1 aromatic rings. The predicted molar refractivity (Wildman–Crippen MR) is 65.7 cm³/mol. The molecule has 0 heterocycles. The summed E-state index contributed by atoms with van der Waals surface area (Å²) in [4.78, 5) is 11.6. The van der Waals surface area contributed by atoms with Crippen LogP contribution in [0.15, 0.2) is 24.3 Å². The van der Waals surface area contributed by atoms with E-state index >= 15 is 0 Å². The molecule has 0 aliphatic rings. The molecule has 1 rings (SSSR count). The van der Waals surface area contributed by atoms with Gasteiger partial charge in [-0.2, -0.15) is 0 Å². The average molecular weight is 237 g/mol. The van der Waals surface area contributed by atoms with Gasteiger partial charge in [0.1, 0.15) is 5.75 Å². The third kappa shape index (κ3) is 5.36. The molecule has 0 radical (unpaired) electrons. The van der Waals surface area contributed by atoms with Gasteiger partial charge in [-0.05, 0) is 37.5 Å². The van der Waals surface area contributed by atoms with Gasteiger partial charge in [-0.3, -0.25) is 4.79 Å². The second-order valence-corrected chi connectivity index (χ2v) is 4.18. The fourth-order valence-corrected chi connectivity index (χ4v) is 1.65. The summed E-state index contributed by atoms with van der Waals surface area (Å²) in [5, 5.41) is 20.8. The van der Waals surface area contributed by atoms with Crippen molar-refractivity contribution in [3.63, 3.8) is 0 Å². The van der Waals surface area contributed by atoms with Gasteiger partial charge in [0.2, 0.25) is 5.91 Å². The van der Waals surface area contributed by atoms with Crippen LogP contribution in [0.3, 0.4) is 0 Å². The number of carbonyl (C=O) groups is 1. The molecule has 3 N–H and O–H groups in total. The van der Waals surface area contributed by atoms with E-state index in [1.165, 1.54) is 0 Å². The maximum Gasteiger partial charge on any atom is 0.224 e. The lowest BCUT2D eigenvalue weighted by molar-refractivity contribution is -0.121. The van der Waals surface area contributed by atoms with E-state index in [4.69, 9.17) is 5.11 Å². The van der Waals surface area contributed by atoms with E-state index in [1.54, 1.807) is 24.3 Å². The number of phenolic OH excluding ortho intramolecular Hbond substituents is 1. The first-order valence-corrected chi connectivity index (χ1v) is 5.80. The quantitative estimate of drug-likeness (QED) is 0.696. The highest BCUT2D eigenvalue weighted by Gasteiger charge is 2.08. The summed E-state index contributed by atoms with van der Waals surface area (Å²) >= 11 is 0. The molecule has 1 aromatic carbocycles. The first-order valence-electron chi connectivity index (χ1n) is 5.80. The summed E-state index contributed by atoms with van der Waals surface area (Å²) < 4.78 is 0. The van der Waals surface area contributed by atoms with Gasteiger partial charge >= 0.3 is 0 Å². The van der Waals surface area contributed by atoms with Crippen LogP contribution in [-0.4, -0.2) is 28.8 Å². The molecule has 1 atom stereocenters. The first kappa shape index (κ1) is 13.5. The monoisotopic (exact) mass is 237 g/mol. The lowest BCUT2D eigenvalue weighted by atomic mass is 10.1. The van der Waals surface area contributed by atoms with Crippen LogP contribution >= 0.6 is 0 Å². The van der Waals surface area contributed by atoms with Crippen molar-refractivity contribution in [2.24, 2.45) is 0 Å². The summed E-state index contributed by atoms with van der Waals surface area (Å²) in [6, 6.07) is 6.74. The van der Waals surface area contributed by atoms with E-state index in [-0.39, 0.29) is 30.7 Å². The summed E-state index contributed by atoms with van der Waals surface area (Å²) in [6.45, 7) is 2.06. The largest absolute Gasteiger partial charge is 0.508 e. The Morgan fingerprint density at radius 3 is 2.88 bits per heavy atom. The minimum atomic E-state index is -0.0685. The highest BCUT2D eigenvalue weighted by atomic mass is 16.3. The number of rotatable bonds is 6. The Labute approximate surface area is 101 Å². The van der Waals surface area contributed by atoms with Crippen LogP contribution in [0.25, 0.3) is 0 Å². The second-order valence-electron chi connectivity index (χ2n) is 4.18. The van der Waals surface area contributed by atoms with Crippen LogP contribution in [0.1, 0.15) is 25.3 Å². The lowest BCUT2D eigenvalue weighted by Gasteiger charge is -2.13. The standard InChI is InChI=1S/C13H19NO3/c1-10(4-3-7-15)14-13(17)9-11-5-2-6-12(16)8-11/h2,5-6,8,10,15-16H,3-4,7,9H2,1H3,(H,14,17). The fourth-order valence-electron chi connectivity index (χ4n) is 1.65. The second kappa shape index (κ2) is 6.91. The number of aliphatic hydroxyl groups is 1. The normalized spacial score (nSPS) is 12.1. The third-order valence-electron chi connectivity index (χ3n) is 2.48. The van der Waals surface area contributed by atoms with Crippen LogP contribution in [0.4, 0.5) is 0 Å². The van der Waals surface area contributed by atoms with E-state index in [1.807, 2.05) is 6.92 Å². The Morgan fingerprint density at radius 2 is 2.24 bits per heavy atom. The van der Waals surface area contributed by atoms with Crippen molar-refractivity contribution in [3.8, 4) is 5.75 Å². The van der Waals surface area contributed by atoms with Gasteiger partial charge in [0.15, 0.2) is 0 Å². The van der Waals surface area contributed by atoms with Crippen molar-refractivity contribution in [3.05, 3.63) is 29.8 Å². The first-order chi connectivity index (χ1) is 8.11. The summed E-state index contributed by atoms with van der Waals surface area (Å²) in [7, 11) is 0. The number of hydrogen-bond donors (Lipinski definition) is 3. The number of carbonyl (C=O) groups excluding carboxylic acids is 1. The van der Waals surface area contributed by atoms with Gasteiger partial charge in [0, 0.05) is 12.6 Å². The van der Waals surface area contributed by atoms with Crippen LogP contribution < -0.4 is 5.32 Å². The van der Waals surface area contributed by atoms with Crippen LogP contribution in [0, 0.1) is 0 Å². The molecule has 0 aliphatic heterocycles. The average Bonchev–Trinajstić information content (AvgIpc) is 2.26. The maximum atomic E-state index is 11.6. The van der Waals surface area contributed by atoms with Crippen molar-refractivity contribution in [2.75, 3.05) is 6.61 Å². The zero-order valence-corrected chi connectivity index (χ0v) is 10.0. The summed E-state index contributed by atoms with van der Waals surface area (Å²) in [5.74, 6) is 0.102. The molecule has 0 aliphatic carbocycles. The van der Waals surface area contributed by atoms with Crippen molar-refractivity contribution in [2.45, 2.75) is 32.2 Å². The molecule has 0 saturated heterocycles. The van der Waals surface area contributed by atoms with Gasteiger partial charge in [-0.1, -0.05) is 12.1 Å². The van der Waals surface area contributed by atoms with E-state index < -0.39 is 0 Å². The highest BCUT2D eigenvalue weighted by molar-refractivity contribution is 5.78. The maximum absolute atomic E-state index is 11.6. The number of amides is 1. The van der Waals surface area contributed by atoms with Crippen LogP contribution in [0.5, 0.6) is 5.75 Å². The zero-order chi connectivity index (χ0) is 12.7. The number of nitrogens with one attached hydrogen (secondary N) is 1. The van der Waals surface area contributed by atoms with Gasteiger partial charge in [-0.15, -0.1) is 0 Å². The van der Waals surface area contributed by atoms with Crippen molar-refractivity contribution in [1.82, 2.24) is 5.32 Å². The fraction of sp³-hybridized carbons (Fsp3) is 0.462. The SMILES string of the molecule is CC(CCCO)NC(=O)Cc1cccc(O)c1. The number of aliphatic hydroxyl groups excluding tert-OH is 1. The van der Waals surface area contributed by atoms with Crippen molar-refractivity contribution >= 4 is 5.91 Å². The molecular weight excluding hydrogens is 218 g/mol. The molecule has 4 nitrogen and oxygen atoms in total. The van der Waals surface area contributed by atoms with Gasteiger partial charge in [0.05, 0.1) is 6.42 Å². The van der Waals surface area contributed by atoms with Crippen LogP contribution in [0.2, 0.25) is 0 Å². The number of hydrogen-bond acceptors (Lipinski definition) is 3. The molecule has 0 saturated carbocycles. The Hall–Kier alpha value is -1.55. The number of aromatic hydroxyl groups is 1. The molecule has 0 aromatic heterocycles. The lowest BCUT2D eigenvalue weighted by Crippen LogP contribution is -2.33. The minimum Gasteiger partial charge on any atom is -0.508 e.